The average molecular weight is 507 g/mol. The van der Waals surface area contributed by atoms with E-state index in [1.54, 1.807) is 17.0 Å². The van der Waals surface area contributed by atoms with E-state index in [1.807, 2.05) is 55.5 Å². The number of likely N-dealkylation sites (tertiary alicyclic amines) is 1. The molecule has 0 bridgehead atoms. The van der Waals surface area contributed by atoms with E-state index in [2.05, 4.69) is 10.7 Å². The molecule has 2 aromatic carbocycles. The molecule has 4 rings (SSSR count). The first kappa shape index (κ1) is 25.6. The van der Waals surface area contributed by atoms with E-state index in [1.165, 1.54) is 11.3 Å². The molecule has 0 spiro atoms. The van der Waals surface area contributed by atoms with Gasteiger partial charge in [0.2, 0.25) is 5.91 Å². The topological polar surface area (TPSA) is 125 Å². The fraction of sp³-hybridized carbons (Fsp3) is 0.296. The number of nitrogens with two attached hydrogens (primary N) is 1. The van der Waals surface area contributed by atoms with Gasteiger partial charge in [-0.25, -0.2) is 5.84 Å². The summed E-state index contributed by atoms with van der Waals surface area (Å²) in [5, 5.41) is 12.8. The molecule has 3 amide bonds. The number of thiophene rings is 1. The average Bonchev–Trinajstić information content (AvgIpc) is 3.56. The monoisotopic (exact) mass is 506 g/mol. The van der Waals surface area contributed by atoms with Crippen molar-refractivity contribution in [3.8, 4) is 10.4 Å². The highest BCUT2D eigenvalue weighted by molar-refractivity contribution is 7.17. The van der Waals surface area contributed by atoms with Crippen molar-refractivity contribution in [1.82, 2.24) is 15.6 Å². The summed E-state index contributed by atoms with van der Waals surface area (Å²) in [5.41, 5.74) is 5.32. The van der Waals surface area contributed by atoms with Crippen molar-refractivity contribution in [3.05, 3.63) is 82.2 Å². The number of carbonyl (C=O) groups is 3. The van der Waals surface area contributed by atoms with E-state index in [0.29, 0.717) is 36.4 Å². The quantitative estimate of drug-likeness (QED) is 0.212. The highest BCUT2D eigenvalue weighted by Crippen LogP contribution is 2.31. The number of aliphatic hydroxyl groups is 1. The first-order valence-electron chi connectivity index (χ1n) is 11.9. The number of nitrogens with one attached hydrogen (secondary N) is 2. The van der Waals surface area contributed by atoms with Gasteiger partial charge in [0.05, 0.1) is 17.0 Å². The second-order valence-corrected chi connectivity index (χ2v) is 9.99. The number of hydrogen-bond acceptors (Lipinski definition) is 6. The minimum Gasteiger partial charge on any atom is -0.391 e. The molecule has 0 radical (unpaired) electrons. The third kappa shape index (κ3) is 5.99. The van der Waals surface area contributed by atoms with Gasteiger partial charge in [-0.15, -0.1) is 11.3 Å². The maximum Gasteiger partial charge on any atom is 0.264 e. The summed E-state index contributed by atoms with van der Waals surface area (Å²) >= 11 is 1.42. The van der Waals surface area contributed by atoms with Crippen LogP contribution in [0.3, 0.4) is 0 Å². The zero-order valence-electron chi connectivity index (χ0n) is 20.1. The number of hydrazine groups is 1. The molecule has 9 heteroatoms. The summed E-state index contributed by atoms with van der Waals surface area (Å²) in [6.07, 6.45) is 0.775. The van der Waals surface area contributed by atoms with Crippen LogP contribution in [0.5, 0.6) is 0 Å². The number of benzene rings is 2. The van der Waals surface area contributed by atoms with Gasteiger partial charge in [-0.1, -0.05) is 36.4 Å². The molecule has 0 saturated carbocycles. The first-order valence-corrected chi connectivity index (χ1v) is 12.7. The third-order valence-electron chi connectivity index (χ3n) is 6.33. The Morgan fingerprint density at radius 2 is 1.94 bits per heavy atom. The van der Waals surface area contributed by atoms with Crippen molar-refractivity contribution in [1.29, 1.82) is 0 Å². The largest absolute Gasteiger partial charge is 0.391 e. The van der Waals surface area contributed by atoms with Gasteiger partial charge in [-0.2, -0.15) is 0 Å². The van der Waals surface area contributed by atoms with Gasteiger partial charge in [0, 0.05) is 30.0 Å². The van der Waals surface area contributed by atoms with E-state index in [9.17, 15) is 19.5 Å². The molecule has 1 aromatic heterocycles. The number of aliphatic hydroxyl groups excluding tert-OH is 1. The van der Waals surface area contributed by atoms with Gasteiger partial charge in [0.1, 0.15) is 0 Å². The fourth-order valence-corrected chi connectivity index (χ4v) is 5.26. The Hall–Kier alpha value is -3.53. The predicted octanol–water partition coefficient (Wildman–Crippen LogP) is 3.04. The molecule has 36 heavy (non-hydrogen) atoms. The van der Waals surface area contributed by atoms with Crippen LogP contribution in [0.1, 0.15) is 57.0 Å². The number of amides is 3. The number of hydrogen-bond donors (Lipinski definition) is 4. The van der Waals surface area contributed by atoms with Crippen molar-refractivity contribution < 1.29 is 19.5 Å². The molecular weight excluding hydrogens is 476 g/mol. The molecule has 8 nitrogen and oxygen atoms in total. The molecule has 1 aliphatic rings. The Labute approximate surface area is 214 Å². The number of rotatable bonds is 8. The van der Waals surface area contributed by atoms with E-state index in [0.717, 1.165) is 21.6 Å². The van der Waals surface area contributed by atoms with E-state index in [4.69, 9.17) is 5.84 Å². The van der Waals surface area contributed by atoms with Gasteiger partial charge in [0.15, 0.2) is 0 Å². The summed E-state index contributed by atoms with van der Waals surface area (Å²) < 4.78 is 0. The Morgan fingerprint density at radius 3 is 2.69 bits per heavy atom. The Bertz CT molecular complexity index is 1260. The van der Waals surface area contributed by atoms with Crippen LogP contribution in [0.2, 0.25) is 0 Å². The van der Waals surface area contributed by atoms with Crippen LogP contribution in [0.4, 0.5) is 0 Å². The van der Waals surface area contributed by atoms with E-state index < -0.39 is 6.10 Å². The molecule has 0 aliphatic carbocycles. The molecule has 1 fully saturated rings. The second kappa shape index (κ2) is 11.5. The number of carbonyl (C=O) groups excluding carboxylic acids is 3. The second-order valence-electron chi connectivity index (χ2n) is 8.90. The molecule has 5 N–H and O–H groups in total. The van der Waals surface area contributed by atoms with Gasteiger partial charge in [-0.05, 0) is 60.7 Å². The summed E-state index contributed by atoms with van der Waals surface area (Å²) in [5.74, 6) is 4.61. The lowest BCUT2D eigenvalue weighted by molar-refractivity contribution is -0.121. The minimum absolute atomic E-state index is 0.0535. The minimum atomic E-state index is -0.445. The van der Waals surface area contributed by atoms with Crippen molar-refractivity contribution >= 4 is 29.1 Å². The Kier molecular flexibility index (Phi) is 8.14. The van der Waals surface area contributed by atoms with E-state index >= 15 is 0 Å². The summed E-state index contributed by atoms with van der Waals surface area (Å²) in [7, 11) is 0. The lowest BCUT2D eigenvalue weighted by Gasteiger charge is -2.17. The fourth-order valence-electron chi connectivity index (χ4n) is 4.29. The highest BCUT2D eigenvalue weighted by Gasteiger charge is 2.26. The SMILES string of the molecule is C[C@@H](NC(=O)c1ccccc1CCC(=O)NN)c1cccc(-c2ccc(C(=O)N3CC[C@H](O)C3)s2)c1. The predicted molar refractivity (Wildman–Crippen MR) is 139 cm³/mol. The van der Waals surface area contributed by atoms with Crippen molar-refractivity contribution in [2.75, 3.05) is 13.1 Å². The van der Waals surface area contributed by atoms with Crippen LogP contribution in [-0.2, 0) is 11.2 Å². The normalized spacial score (nSPS) is 16.0. The lowest BCUT2D eigenvalue weighted by atomic mass is 10.0. The Morgan fingerprint density at radius 1 is 1.14 bits per heavy atom. The van der Waals surface area contributed by atoms with E-state index in [-0.39, 0.29) is 30.2 Å². The van der Waals surface area contributed by atoms with Crippen molar-refractivity contribution in [2.45, 2.75) is 38.3 Å². The number of β-amino-alcohol motifs (C(OH)–C–C–N with tert-alkyl or cyclic N) is 1. The van der Waals surface area contributed by atoms with Crippen LogP contribution in [0.25, 0.3) is 10.4 Å². The molecule has 2 atom stereocenters. The summed E-state index contributed by atoms with van der Waals surface area (Å²) in [6.45, 7) is 2.87. The molecule has 2 heterocycles. The van der Waals surface area contributed by atoms with Gasteiger partial charge in [-0.3, -0.25) is 19.8 Å². The van der Waals surface area contributed by atoms with Crippen LogP contribution < -0.4 is 16.6 Å². The highest BCUT2D eigenvalue weighted by atomic mass is 32.1. The van der Waals surface area contributed by atoms with Gasteiger partial charge >= 0.3 is 0 Å². The van der Waals surface area contributed by atoms with Gasteiger partial charge in [0.25, 0.3) is 11.8 Å². The summed E-state index contributed by atoms with van der Waals surface area (Å²) in [6, 6.07) is 18.6. The van der Waals surface area contributed by atoms with Crippen LogP contribution in [0.15, 0.2) is 60.7 Å². The third-order valence-corrected chi connectivity index (χ3v) is 7.45. The smallest absolute Gasteiger partial charge is 0.264 e. The van der Waals surface area contributed by atoms with Gasteiger partial charge < -0.3 is 15.3 Å². The Balaban J connectivity index is 1.45. The van der Waals surface area contributed by atoms with Crippen LogP contribution >= 0.6 is 11.3 Å². The number of nitrogens with zero attached hydrogens (tertiary/aromatic N) is 1. The first-order chi connectivity index (χ1) is 17.4. The molecule has 1 aliphatic heterocycles. The van der Waals surface area contributed by atoms with Crippen molar-refractivity contribution in [2.24, 2.45) is 5.84 Å². The zero-order valence-corrected chi connectivity index (χ0v) is 20.9. The van der Waals surface area contributed by atoms with Crippen LogP contribution in [0, 0.1) is 0 Å². The molecule has 1 saturated heterocycles. The maximum atomic E-state index is 13.1. The van der Waals surface area contributed by atoms with Crippen molar-refractivity contribution in [3.63, 3.8) is 0 Å². The standard InChI is InChI=1S/C27H30N4O4S/c1-17(29-26(34)22-8-3-2-5-18(22)9-12-25(33)30-28)19-6-4-7-20(15-19)23-10-11-24(36-23)27(35)31-14-13-21(32)16-31/h2-8,10-11,15,17,21,32H,9,12-14,16,28H2,1H3,(H,29,34)(H,30,33)/t17-,21+/m1/s1. The van der Waals surface area contributed by atoms with Crippen LogP contribution in [-0.4, -0.2) is 46.9 Å². The molecule has 3 aromatic rings. The zero-order chi connectivity index (χ0) is 25.7. The maximum absolute atomic E-state index is 13.1. The summed E-state index contributed by atoms with van der Waals surface area (Å²) in [4.78, 5) is 40.6. The molecule has 188 valence electrons. The molecule has 0 unspecified atom stereocenters. The lowest BCUT2D eigenvalue weighted by Crippen LogP contribution is -2.30. The number of aryl methyl sites for hydroxylation is 1. The molecular formula is C27H30N4O4S.